The minimum absolute atomic E-state index is 0.0322. The van der Waals surface area contributed by atoms with Crippen LogP contribution >= 0.6 is 0 Å². The molecule has 1 atom stereocenters. The van der Waals surface area contributed by atoms with Gasteiger partial charge in [0.15, 0.2) is 9.84 Å². The van der Waals surface area contributed by atoms with Gasteiger partial charge >= 0.3 is 5.97 Å². The molecule has 17 heavy (non-hydrogen) atoms. The van der Waals surface area contributed by atoms with E-state index in [1.807, 2.05) is 0 Å². The number of carboxylic acid groups (broad SMARTS) is 1. The van der Waals surface area contributed by atoms with Crippen LogP contribution in [0.2, 0.25) is 0 Å². The third-order valence-corrected chi connectivity index (χ3v) is 4.43. The summed E-state index contributed by atoms with van der Waals surface area (Å²) in [7, 11) is -3.10. The smallest absolute Gasteiger partial charge is 0.305 e. The Balaban J connectivity index is 2.58. The molecule has 0 radical (unpaired) electrons. The molecule has 0 spiro atoms. The first-order chi connectivity index (χ1) is 7.61. The van der Waals surface area contributed by atoms with Crippen LogP contribution in [0.5, 0.6) is 0 Å². The Bertz CT molecular complexity index is 426. The minimum atomic E-state index is -3.10. The Morgan fingerprint density at radius 3 is 2.41 bits per heavy atom. The van der Waals surface area contributed by atoms with Crippen LogP contribution in [0.15, 0.2) is 0 Å². The normalized spacial score (nSPS) is 23.3. The second-order valence-electron chi connectivity index (χ2n) is 5.04. The average Bonchev–Trinajstić information content (AvgIpc) is 2.42. The van der Waals surface area contributed by atoms with E-state index >= 15 is 0 Å². The van der Waals surface area contributed by atoms with Gasteiger partial charge in [-0.1, -0.05) is 0 Å². The van der Waals surface area contributed by atoms with Crippen LogP contribution in [-0.2, 0) is 19.4 Å². The number of sulfone groups is 1. The van der Waals surface area contributed by atoms with Gasteiger partial charge in [-0.05, 0) is 20.3 Å². The molecule has 0 aliphatic carbocycles. The number of aliphatic carboxylic acids is 1. The van der Waals surface area contributed by atoms with Crippen molar-refractivity contribution in [3.8, 4) is 0 Å². The van der Waals surface area contributed by atoms with E-state index in [4.69, 9.17) is 5.11 Å². The quantitative estimate of drug-likeness (QED) is 0.731. The number of amides is 1. The predicted octanol–water partition coefficient (Wildman–Crippen LogP) is -0.209. The summed E-state index contributed by atoms with van der Waals surface area (Å²) >= 11 is 0. The van der Waals surface area contributed by atoms with E-state index in [1.165, 1.54) is 0 Å². The van der Waals surface area contributed by atoms with Gasteiger partial charge in [0, 0.05) is 5.54 Å². The van der Waals surface area contributed by atoms with Gasteiger partial charge < -0.3 is 10.4 Å². The van der Waals surface area contributed by atoms with E-state index in [0.717, 1.165) is 0 Å². The standard InChI is InChI=1S/C10H17NO5S/c1-10(2,5-8(12)13)11-9(14)7-3-4-17(15,16)6-7/h7H,3-6H2,1-2H3,(H,11,14)(H,12,13). The van der Waals surface area contributed by atoms with Crippen LogP contribution in [-0.4, -0.2) is 42.4 Å². The molecule has 2 N–H and O–H groups in total. The summed E-state index contributed by atoms with van der Waals surface area (Å²) in [6, 6.07) is 0. The monoisotopic (exact) mass is 263 g/mol. The number of hydrogen-bond acceptors (Lipinski definition) is 4. The van der Waals surface area contributed by atoms with Crippen molar-refractivity contribution in [1.29, 1.82) is 0 Å². The van der Waals surface area contributed by atoms with E-state index in [1.54, 1.807) is 13.8 Å². The van der Waals surface area contributed by atoms with Crippen molar-refractivity contribution in [2.24, 2.45) is 5.92 Å². The van der Waals surface area contributed by atoms with E-state index in [2.05, 4.69) is 5.32 Å². The Hall–Kier alpha value is -1.11. The molecule has 1 aliphatic rings. The van der Waals surface area contributed by atoms with Crippen LogP contribution in [0.4, 0.5) is 0 Å². The zero-order chi connectivity index (χ0) is 13.3. The molecule has 0 aromatic carbocycles. The van der Waals surface area contributed by atoms with Gasteiger partial charge in [-0.3, -0.25) is 9.59 Å². The lowest BCUT2D eigenvalue weighted by Gasteiger charge is -2.25. The first-order valence-electron chi connectivity index (χ1n) is 5.35. The largest absolute Gasteiger partial charge is 0.481 e. The maximum absolute atomic E-state index is 11.8. The Labute approximate surface area is 100 Å². The van der Waals surface area contributed by atoms with Crippen molar-refractivity contribution < 1.29 is 23.1 Å². The van der Waals surface area contributed by atoms with E-state index in [-0.39, 0.29) is 23.8 Å². The number of carbonyl (C=O) groups is 2. The van der Waals surface area contributed by atoms with Crippen LogP contribution in [0.25, 0.3) is 0 Å². The van der Waals surface area contributed by atoms with Crippen molar-refractivity contribution in [3.63, 3.8) is 0 Å². The molecule has 1 fully saturated rings. The van der Waals surface area contributed by atoms with E-state index in [9.17, 15) is 18.0 Å². The molecule has 0 aromatic rings. The van der Waals surface area contributed by atoms with Gasteiger partial charge in [-0.2, -0.15) is 0 Å². The van der Waals surface area contributed by atoms with Crippen molar-refractivity contribution >= 4 is 21.7 Å². The number of rotatable bonds is 4. The highest BCUT2D eigenvalue weighted by Crippen LogP contribution is 2.20. The second-order valence-corrected chi connectivity index (χ2v) is 7.27. The number of hydrogen-bond donors (Lipinski definition) is 2. The van der Waals surface area contributed by atoms with Crippen LogP contribution in [0.1, 0.15) is 26.7 Å². The fraction of sp³-hybridized carbons (Fsp3) is 0.800. The second kappa shape index (κ2) is 4.64. The molecule has 6 nitrogen and oxygen atoms in total. The highest BCUT2D eigenvalue weighted by Gasteiger charge is 2.35. The van der Waals surface area contributed by atoms with E-state index in [0.29, 0.717) is 6.42 Å². The predicted molar refractivity (Wildman–Crippen MR) is 61.2 cm³/mol. The molecule has 1 heterocycles. The lowest BCUT2D eigenvalue weighted by atomic mass is 9.98. The van der Waals surface area contributed by atoms with Crippen molar-refractivity contribution in [2.75, 3.05) is 11.5 Å². The van der Waals surface area contributed by atoms with Crippen LogP contribution in [0, 0.1) is 5.92 Å². The lowest BCUT2D eigenvalue weighted by Crippen LogP contribution is -2.47. The summed E-state index contributed by atoms with van der Waals surface area (Å²) in [4.78, 5) is 22.3. The maximum atomic E-state index is 11.8. The van der Waals surface area contributed by atoms with Gasteiger partial charge in [0.25, 0.3) is 0 Å². The van der Waals surface area contributed by atoms with Crippen LogP contribution in [0.3, 0.4) is 0 Å². The summed E-state index contributed by atoms with van der Waals surface area (Å²) < 4.78 is 22.4. The van der Waals surface area contributed by atoms with Gasteiger partial charge in [-0.25, -0.2) is 8.42 Å². The zero-order valence-corrected chi connectivity index (χ0v) is 10.7. The summed E-state index contributed by atoms with van der Waals surface area (Å²) in [5.41, 5.74) is -0.866. The van der Waals surface area contributed by atoms with Gasteiger partial charge in [-0.15, -0.1) is 0 Å². The maximum Gasteiger partial charge on any atom is 0.305 e. The topological polar surface area (TPSA) is 101 Å². The van der Waals surface area contributed by atoms with E-state index < -0.39 is 27.3 Å². The fourth-order valence-corrected chi connectivity index (χ4v) is 3.60. The molecule has 1 rings (SSSR count). The van der Waals surface area contributed by atoms with Crippen LogP contribution < -0.4 is 5.32 Å². The zero-order valence-electron chi connectivity index (χ0n) is 9.89. The molecule has 0 aromatic heterocycles. The fourth-order valence-electron chi connectivity index (χ4n) is 1.86. The number of carboxylic acids is 1. The third-order valence-electron chi connectivity index (χ3n) is 2.66. The van der Waals surface area contributed by atoms with Crippen molar-refractivity contribution in [2.45, 2.75) is 32.2 Å². The molecule has 0 bridgehead atoms. The van der Waals surface area contributed by atoms with Crippen molar-refractivity contribution in [3.05, 3.63) is 0 Å². The molecular weight excluding hydrogens is 246 g/mol. The first-order valence-corrected chi connectivity index (χ1v) is 7.18. The molecule has 1 saturated heterocycles. The average molecular weight is 263 g/mol. The lowest BCUT2D eigenvalue weighted by molar-refractivity contribution is -0.138. The molecule has 98 valence electrons. The summed E-state index contributed by atoms with van der Waals surface area (Å²) in [5.74, 6) is -2.04. The summed E-state index contributed by atoms with van der Waals surface area (Å²) in [5, 5.41) is 11.2. The Morgan fingerprint density at radius 1 is 1.41 bits per heavy atom. The third kappa shape index (κ3) is 4.33. The highest BCUT2D eigenvalue weighted by atomic mass is 32.2. The van der Waals surface area contributed by atoms with Crippen molar-refractivity contribution in [1.82, 2.24) is 5.32 Å². The summed E-state index contributed by atoms with van der Waals surface area (Å²) in [6.45, 7) is 3.20. The molecule has 1 amide bonds. The number of carbonyl (C=O) groups excluding carboxylic acids is 1. The molecule has 1 aliphatic heterocycles. The first kappa shape index (κ1) is 14.0. The Morgan fingerprint density at radius 2 is 2.00 bits per heavy atom. The SMILES string of the molecule is CC(C)(CC(=O)O)NC(=O)C1CCS(=O)(=O)C1. The molecule has 1 unspecified atom stereocenters. The number of nitrogens with one attached hydrogen (secondary N) is 1. The highest BCUT2D eigenvalue weighted by molar-refractivity contribution is 7.91. The minimum Gasteiger partial charge on any atom is -0.481 e. The summed E-state index contributed by atoms with van der Waals surface area (Å²) in [6.07, 6.45) is 0.121. The van der Waals surface area contributed by atoms with Gasteiger partial charge in [0.1, 0.15) is 0 Å². The molecule has 7 heteroatoms. The molecular formula is C10H17NO5S. The van der Waals surface area contributed by atoms with Gasteiger partial charge in [0.05, 0.1) is 23.8 Å². The van der Waals surface area contributed by atoms with Gasteiger partial charge in [0.2, 0.25) is 5.91 Å². The molecule has 0 saturated carbocycles. The Kier molecular flexibility index (Phi) is 3.81.